The van der Waals surface area contributed by atoms with Crippen molar-refractivity contribution < 1.29 is 5.11 Å². The summed E-state index contributed by atoms with van der Waals surface area (Å²) in [6, 6.07) is 0. The molecule has 0 radical (unpaired) electrons. The quantitative estimate of drug-likeness (QED) is 0.707. The molecule has 2 nitrogen and oxygen atoms in total. The Bertz CT molecular complexity index is 153. The van der Waals surface area contributed by atoms with Gasteiger partial charge < -0.3 is 10.0 Å². The Labute approximate surface area is 78.3 Å². The summed E-state index contributed by atoms with van der Waals surface area (Å²) in [5, 5.41) is 9.16. The van der Waals surface area contributed by atoms with E-state index < -0.39 is 0 Å². The molecule has 70 valence electrons. The molecule has 0 aromatic rings. The summed E-state index contributed by atoms with van der Waals surface area (Å²) in [6.45, 7) is 4.00. The second kappa shape index (κ2) is 3.56. The minimum atomic E-state index is 0.321. The first kappa shape index (κ1) is 8.85. The third-order valence-corrected chi connectivity index (χ3v) is 3.90. The highest BCUT2D eigenvalue weighted by Crippen LogP contribution is 2.45. The molecule has 2 fully saturated rings. The van der Waals surface area contributed by atoms with Crippen molar-refractivity contribution in [3.63, 3.8) is 0 Å². The second-order valence-electron chi connectivity index (χ2n) is 4.05. The summed E-state index contributed by atoms with van der Waals surface area (Å²) in [4.78, 5) is 2.51. The number of aliphatic hydroxyl groups excluding tert-OH is 1. The maximum Gasteiger partial charge on any atom is 0.0499 e. The van der Waals surface area contributed by atoms with Gasteiger partial charge in [0.1, 0.15) is 0 Å². The van der Waals surface area contributed by atoms with E-state index in [0.29, 0.717) is 12.0 Å². The van der Waals surface area contributed by atoms with Gasteiger partial charge in [-0.3, -0.25) is 0 Å². The zero-order valence-electron chi connectivity index (χ0n) is 7.46. The van der Waals surface area contributed by atoms with Gasteiger partial charge in [0.15, 0.2) is 0 Å². The SMILES string of the molecule is OCC1(CN2CCSCC2)CC1. The highest BCUT2D eigenvalue weighted by Gasteiger charge is 2.43. The van der Waals surface area contributed by atoms with Gasteiger partial charge in [-0.25, -0.2) is 0 Å². The summed E-state index contributed by atoms with van der Waals surface area (Å²) >= 11 is 2.05. The predicted molar refractivity (Wildman–Crippen MR) is 52.5 cm³/mol. The van der Waals surface area contributed by atoms with E-state index in [4.69, 9.17) is 5.11 Å². The number of hydrogen-bond acceptors (Lipinski definition) is 3. The van der Waals surface area contributed by atoms with Crippen LogP contribution in [0.25, 0.3) is 0 Å². The van der Waals surface area contributed by atoms with Crippen molar-refractivity contribution in [3.05, 3.63) is 0 Å². The molecule has 1 saturated heterocycles. The fourth-order valence-corrected chi connectivity index (χ4v) is 2.76. The van der Waals surface area contributed by atoms with Gasteiger partial charge in [0.25, 0.3) is 0 Å². The fraction of sp³-hybridized carbons (Fsp3) is 1.00. The molecule has 0 aromatic carbocycles. The van der Waals surface area contributed by atoms with E-state index in [1.54, 1.807) is 0 Å². The van der Waals surface area contributed by atoms with Gasteiger partial charge >= 0.3 is 0 Å². The molecule has 12 heavy (non-hydrogen) atoms. The van der Waals surface area contributed by atoms with Gasteiger partial charge in [0, 0.05) is 43.2 Å². The normalized spacial score (nSPS) is 28.8. The Kier molecular flexibility index (Phi) is 2.63. The first-order chi connectivity index (χ1) is 5.85. The predicted octanol–water partition coefficient (Wildman–Crippen LogP) is 0.808. The molecular weight excluding hydrogens is 170 g/mol. The summed E-state index contributed by atoms with van der Waals surface area (Å²) in [6.07, 6.45) is 2.49. The molecule has 1 aliphatic heterocycles. The summed E-state index contributed by atoms with van der Waals surface area (Å²) < 4.78 is 0. The van der Waals surface area contributed by atoms with Crippen molar-refractivity contribution in [2.45, 2.75) is 12.8 Å². The maximum atomic E-state index is 9.16. The Morgan fingerprint density at radius 3 is 2.42 bits per heavy atom. The number of hydrogen-bond donors (Lipinski definition) is 1. The van der Waals surface area contributed by atoms with Crippen LogP contribution in [0.2, 0.25) is 0 Å². The molecule has 0 atom stereocenters. The third-order valence-electron chi connectivity index (χ3n) is 2.96. The van der Waals surface area contributed by atoms with E-state index in [1.807, 2.05) is 11.8 Å². The Morgan fingerprint density at radius 2 is 1.92 bits per heavy atom. The average molecular weight is 187 g/mol. The molecular formula is C9H17NOS. The topological polar surface area (TPSA) is 23.5 Å². The van der Waals surface area contributed by atoms with Crippen LogP contribution in [0.4, 0.5) is 0 Å². The van der Waals surface area contributed by atoms with Crippen LogP contribution < -0.4 is 0 Å². The van der Waals surface area contributed by atoms with Gasteiger partial charge in [-0.05, 0) is 12.8 Å². The first-order valence-electron chi connectivity index (χ1n) is 4.76. The minimum Gasteiger partial charge on any atom is -0.396 e. The zero-order valence-corrected chi connectivity index (χ0v) is 8.28. The highest BCUT2D eigenvalue weighted by molar-refractivity contribution is 7.99. The van der Waals surface area contributed by atoms with Crippen LogP contribution in [0.3, 0.4) is 0 Å². The molecule has 0 spiro atoms. The van der Waals surface area contributed by atoms with E-state index in [9.17, 15) is 0 Å². The van der Waals surface area contributed by atoms with Gasteiger partial charge in [0.2, 0.25) is 0 Å². The molecule has 2 rings (SSSR count). The van der Waals surface area contributed by atoms with E-state index in [-0.39, 0.29) is 0 Å². The van der Waals surface area contributed by atoms with Crippen molar-refractivity contribution >= 4 is 11.8 Å². The third kappa shape index (κ3) is 1.95. The lowest BCUT2D eigenvalue weighted by molar-refractivity contribution is 0.155. The van der Waals surface area contributed by atoms with Crippen LogP contribution in [0.5, 0.6) is 0 Å². The maximum absolute atomic E-state index is 9.16. The van der Waals surface area contributed by atoms with Crippen molar-refractivity contribution in [2.75, 3.05) is 37.7 Å². The van der Waals surface area contributed by atoms with Crippen molar-refractivity contribution in [3.8, 4) is 0 Å². The number of thioether (sulfide) groups is 1. The lowest BCUT2D eigenvalue weighted by Crippen LogP contribution is -2.38. The van der Waals surface area contributed by atoms with E-state index in [0.717, 1.165) is 6.54 Å². The number of rotatable bonds is 3. The van der Waals surface area contributed by atoms with Gasteiger partial charge in [0.05, 0.1) is 0 Å². The smallest absolute Gasteiger partial charge is 0.0499 e. The molecule has 0 bridgehead atoms. The Balaban J connectivity index is 1.77. The van der Waals surface area contributed by atoms with E-state index in [1.165, 1.54) is 37.4 Å². The van der Waals surface area contributed by atoms with Gasteiger partial charge in [-0.1, -0.05) is 0 Å². The largest absolute Gasteiger partial charge is 0.396 e. The zero-order chi connectivity index (χ0) is 8.44. The van der Waals surface area contributed by atoms with Crippen LogP contribution in [0, 0.1) is 5.41 Å². The Morgan fingerprint density at radius 1 is 1.25 bits per heavy atom. The Hall–Kier alpha value is 0.270. The molecule has 3 heteroatoms. The molecule has 1 heterocycles. The van der Waals surface area contributed by atoms with Crippen LogP contribution in [0.15, 0.2) is 0 Å². The van der Waals surface area contributed by atoms with Crippen LogP contribution >= 0.6 is 11.8 Å². The summed E-state index contributed by atoms with van der Waals surface area (Å²) in [5.41, 5.74) is 0.321. The lowest BCUT2D eigenvalue weighted by Gasteiger charge is -2.29. The average Bonchev–Trinajstić information content (AvgIpc) is 2.88. The van der Waals surface area contributed by atoms with Crippen molar-refractivity contribution in [1.82, 2.24) is 4.90 Å². The molecule has 0 unspecified atom stereocenters. The van der Waals surface area contributed by atoms with Gasteiger partial charge in [-0.2, -0.15) is 11.8 Å². The van der Waals surface area contributed by atoms with Crippen molar-refractivity contribution in [2.24, 2.45) is 5.41 Å². The van der Waals surface area contributed by atoms with E-state index >= 15 is 0 Å². The molecule has 1 aliphatic carbocycles. The molecule has 2 aliphatic rings. The van der Waals surface area contributed by atoms with Crippen LogP contribution in [-0.2, 0) is 0 Å². The molecule has 1 saturated carbocycles. The monoisotopic (exact) mass is 187 g/mol. The lowest BCUT2D eigenvalue weighted by atomic mass is 10.1. The van der Waals surface area contributed by atoms with Crippen molar-refractivity contribution in [1.29, 1.82) is 0 Å². The standard InChI is InChI=1S/C9H17NOS/c11-8-9(1-2-9)7-10-3-5-12-6-4-10/h11H,1-8H2. The van der Waals surface area contributed by atoms with E-state index in [2.05, 4.69) is 4.90 Å². The fourth-order valence-electron chi connectivity index (χ4n) is 1.78. The highest BCUT2D eigenvalue weighted by atomic mass is 32.2. The second-order valence-corrected chi connectivity index (χ2v) is 5.27. The molecule has 0 aromatic heterocycles. The molecule has 0 amide bonds. The van der Waals surface area contributed by atoms with Crippen LogP contribution in [-0.4, -0.2) is 47.8 Å². The van der Waals surface area contributed by atoms with Gasteiger partial charge in [-0.15, -0.1) is 0 Å². The minimum absolute atomic E-state index is 0.321. The first-order valence-corrected chi connectivity index (χ1v) is 5.91. The number of nitrogens with zero attached hydrogens (tertiary/aromatic N) is 1. The molecule has 1 N–H and O–H groups in total. The number of aliphatic hydroxyl groups is 1. The van der Waals surface area contributed by atoms with Crippen LogP contribution in [0.1, 0.15) is 12.8 Å². The summed E-state index contributed by atoms with van der Waals surface area (Å²) in [5.74, 6) is 2.56. The summed E-state index contributed by atoms with van der Waals surface area (Å²) in [7, 11) is 0.